The second-order valence-corrected chi connectivity index (χ2v) is 6.67. The second kappa shape index (κ2) is 6.67. The van der Waals surface area contributed by atoms with Crippen molar-refractivity contribution in [2.24, 2.45) is 5.73 Å². The van der Waals surface area contributed by atoms with E-state index in [2.05, 4.69) is 0 Å². The molecule has 0 atom stereocenters. The Morgan fingerprint density at radius 1 is 1.42 bits per heavy atom. The first-order chi connectivity index (χ1) is 8.84. The van der Waals surface area contributed by atoms with Crippen molar-refractivity contribution in [3.8, 4) is 0 Å². The molecule has 0 amide bonds. The second-order valence-electron chi connectivity index (χ2n) is 4.40. The average molecular weight is 307 g/mol. The third-order valence-corrected chi connectivity index (χ3v) is 5.27. The highest BCUT2D eigenvalue weighted by Crippen LogP contribution is 2.26. The lowest BCUT2D eigenvalue weighted by Crippen LogP contribution is -2.39. The van der Waals surface area contributed by atoms with E-state index in [1.807, 2.05) is 0 Å². The van der Waals surface area contributed by atoms with Gasteiger partial charge in [-0.25, -0.2) is 8.42 Å². The molecule has 108 valence electrons. The van der Waals surface area contributed by atoms with E-state index >= 15 is 0 Å². The molecule has 0 bridgehead atoms. The number of benzene rings is 1. The van der Waals surface area contributed by atoms with Gasteiger partial charge >= 0.3 is 0 Å². The summed E-state index contributed by atoms with van der Waals surface area (Å²) in [7, 11) is -3.72. The van der Waals surface area contributed by atoms with Crippen molar-refractivity contribution in [1.29, 1.82) is 0 Å². The molecule has 19 heavy (non-hydrogen) atoms. The molecule has 5 nitrogen and oxygen atoms in total. The molecule has 0 unspecified atom stereocenters. The van der Waals surface area contributed by atoms with E-state index in [0.717, 1.165) is 5.56 Å². The van der Waals surface area contributed by atoms with Gasteiger partial charge < -0.3 is 10.8 Å². The van der Waals surface area contributed by atoms with Gasteiger partial charge in [-0.1, -0.05) is 17.7 Å². The van der Waals surface area contributed by atoms with Crippen LogP contribution in [0.15, 0.2) is 23.1 Å². The lowest BCUT2D eigenvalue weighted by molar-refractivity contribution is 0.236. The molecule has 0 aliphatic rings. The van der Waals surface area contributed by atoms with Gasteiger partial charge in [0.2, 0.25) is 10.0 Å². The van der Waals surface area contributed by atoms with Gasteiger partial charge in [-0.05, 0) is 31.5 Å². The van der Waals surface area contributed by atoms with E-state index in [1.165, 1.54) is 10.4 Å². The molecule has 7 heteroatoms. The van der Waals surface area contributed by atoms with Crippen molar-refractivity contribution in [3.05, 3.63) is 28.8 Å². The molecule has 0 fully saturated rings. The van der Waals surface area contributed by atoms with Gasteiger partial charge in [-0.2, -0.15) is 4.31 Å². The van der Waals surface area contributed by atoms with Crippen molar-refractivity contribution in [3.63, 3.8) is 0 Å². The molecule has 1 rings (SSSR count). The summed E-state index contributed by atoms with van der Waals surface area (Å²) in [6.07, 6.45) is 0. The van der Waals surface area contributed by atoms with Crippen LogP contribution in [0.5, 0.6) is 0 Å². The van der Waals surface area contributed by atoms with Crippen molar-refractivity contribution >= 4 is 21.6 Å². The third kappa shape index (κ3) is 3.67. The quantitative estimate of drug-likeness (QED) is 0.827. The highest BCUT2D eigenvalue weighted by molar-refractivity contribution is 7.89. The minimum atomic E-state index is -3.72. The predicted molar refractivity (Wildman–Crippen MR) is 75.5 cm³/mol. The zero-order chi connectivity index (χ0) is 14.6. The standard InChI is InChI=1S/C12H19ClN2O3S/c1-9(2)15(5-6-16)19(17,18)12-4-3-10(8-14)7-11(12)13/h3-4,7,9,16H,5-6,8,14H2,1-2H3. The number of rotatable bonds is 6. The van der Waals surface area contributed by atoms with Crippen LogP contribution in [-0.2, 0) is 16.6 Å². The SMILES string of the molecule is CC(C)N(CCO)S(=O)(=O)c1ccc(CN)cc1Cl. The summed E-state index contributed by atoms with van der Waals surface area (Å²) in [5.41, 5.74) is 6.25. The molecule has 0 heterocycles. The van der Waals surface area contributed by atoms with E-state index in [9.17, 15) is 8.42 Å². The zero-order valence-corrected chi connectivity index (χ0v) is 12.6. The summed E-state index contributed by atoms with van der Waals surface area (Å²) in [4.78, 5) is 0.0357. The Hall–Kier alpha value is -0.660. The summed E-state index contributed by atoms with van der Waals surface area (Å²) >= 11 is 6.02. The fourth-order valence-corrected chi connectivity index (χ4v) is 3.93. The fourth-order valence-electron chi connectivity index (χ4n) is 1.76. The third-order valence-electron chi connectivity index (χ3n) is 2.71. The largest absolute Gasteiger partial charge is 0.395 e. The molecule has 0 saturated carbocycles. The number of hydrogen-bond acceptors (Lipinski definition) is 4. The maximum absolute atomic E-state index is 12.5. The fraction of sp³-hybridized carbons (Fsp3) is 0.500. The molecule has 0 aliphatic heterocycles. The van der Waals surface area contributed by atoms with Crippen LogP contribution >= 0.6 is 11.6 Å². The molecule has 0 aromatic heterocycles. The summed E-state index contributed by atoms with van der Waals surface area (Å²) in [5, 5.41) is 9.14. The Balaban J connectivity index is 3.25. The average Bonchev–Trinajstić information content (AvgIpc) is 2.34. The molecule has 0 radical (unpaired) electrons. The molecule has 1 aromatic carbocycles. The van der Waals surface area contributed by atoms with Gasteiger partial charge in [0.1, 0.15) is 4.90 Å². The smallest absolute Gasteiger partial charge is 0.244 e. The first-order valence-electron chi connectivity index (χ1n) is 5.95. The van der Waals surface area contributed by atoms with Crippen LogP contribution in [0.3, 0.4) is 0 Å². The number of aliphatic hydroxyl groups excluding tert-OH is 1. The number of aliphatic hydroxyl groups is 1. The summed E-state index contributed by atoms with van der Waals surface area (Å²) in [6.45, 7) is 3.58. The summed E-state index contributed by atoms with van der Waals surface area (Å²) in [6, 6.07) is 4.37. The van der Waals surface area contributed by atoms with Crippen molar-refractivity contribution in [1.82, 2.24) is 4.31 Å². The van der Waals surface area contributed by atoms with E-state index in [4.69, 9.17) is 22.4 Å². The van der Waals surface area contributed by atoms with Crippen LogP contribution in [0.4, 0.5) is 0 Å². The molecule has 1 aromatic rings. The van der Waals surface area contributed by atoms with Crippen LogP contribution in [-0.4, -0.2) is 37.0 Å². The van der Waals surface area contributed by atoms with Gasteiger partial charge in [0, 0.05) is 19.1 Å². The van der Waals surface area contributed by atoms with E-state index in [0.29, 0.717) is 6.54 Å². The van der Waals surface area contributed by atoms with Crippen molar-refractivity contribution in [2.75, 3.05) is 13.2 Å². The monoisotopic (exact) mass is 306 g/mol. The number of nitrogens with two attached hydrogens (primary N) is 1. The van der Waals surface area contributed by atoms with Gasteiger partial charge in [-0.15, -0.1) is 0 Å². The van der Waals surface area contributed by atoms with Crippen molar-refractivity contribution < 1.29 is 13.5 Å². The Kier molecular flexibility index (Phi) is 5.76. The minimum absolute atomic E-state index is 0.0357. The predicted octanol–water partition coefficient (Wildman–Crippen LogP) is 1.19. The first-order valence-corrected chi connectivity index (χ1v) is 7.77. The molecular weight excluding hydrogens is 288 g/mol. The number of halogens is 1. The molecule has 0 aliphatic carbocycles. The molecule has 0 spiro atoms. The minimum Gasteiger partial charge on any atom is -0.395 e. The van der Waals surface area contributed by atoms with Gasteiger partial charge in [0.15, 0.2) is 0 Å². The van der Waals surface area contributed by atoms with E-state index in [-0.39, 0.29) is 29.1 Å². The highest BCUT2D eigenvalue weighted by atomic mass is 35.5. The maximum atomic E-state index is 12.5. The van der Waals surface area contributed by atoms with Crippen LogP contribution < -0.4 is 5.73 Å². The number of sulfonamides is 1. The normalized spacial score (nSPS) is 12.4. The van der Waals surface area contributed by atoms with Crippen molar-refractivity contribution in [2.45, 2.75) is 31.3 Å². The first kappa shape index (κ1) is 16.4. The molecular formula is C12H19ClN2O3S. The van der Waals surface area contributed by atoms with Crippen LogP contribution in [0.2, 0.25) is 5.02 Å². The lowest BCUT2D eigenvalue weighted by atomic mass is 10.2. The van der Waals surface area contributed by atoms with Gasteiger partial charge in [0.05, 0.1) is 11.6 Å². The molecule has 0 saturated heterocycles. The van der Waals surface area contributed by atoms with E-state index in [1.54, 1.807) is 26.0 Å². The van der Waals surface area contributed by atoms with Crippen LogP contribution in [0.1, 0.15) is 19.4 Å². The summed E-state index contributed by atoms with van der Waals surface area (Å²) in [5.74, 6) is 0. The van der Waals surface area contributed by atoms with Crippen LogP contribution in [0, 0.1) is 0 Å². The Morgan fingerprint density at radius 3 is 2.47 bits per heavy atom. The summed E-state index contributed by atoms with van der Waals surface area (Å²) < 4.78 is 26.2. The number of nitrogens with zero attached hydrogens (tertiary/aromatic N) is 1. The Morgan fingerprint density at radius 2 is 2.05 bits per heavy atom. The van der Waals surface area contributed by atoms with Gasteiger partial charge in [-0.3, -0.25) is 0 Å². The van der Waals surface area contributed by atoms with Crippen LogP contribution in [0.25, 0.3) is 0 Å². The van der Waals surface area contributed by atoms with Gasteiger partial charge in [0.25, 0.3) is 0 Å². The highest BCUT2D eigenvalue weighted by Gasteiger charge is 2.28. The Labute approximate surface area is 119 Å². The lowest BCUT2D eigenvalue weighted by Gasteiger charge is -2.25. The number of hydrogen-bond donors (Lipinski definition) is 2. The topological polar surface area (TPSA) is 83.6 Å². The zero-order valence-electron chi connectivity index (χ0n) is 11.0. The van der Waals surface area contributed by atoms with E-state index < -0.39 is 10.0 Å². The Bertz CT molecular complexity index is 532. The maximum Gasteiger partial charge on any atom is 0.244 e. The molecule has 3 N–H and O–H groups in total.